The van der Waals surface area contributed by atoms with Gasteiger partial charge in [-0.3, -0.25) is 4.99 Å². The SMILES string of the molecule is CCN([NH-])C1=CCC=CN=C1. The highest BCUT2D eigenvalue weighted by Crippen LogP contribution is 2.05. The molecular weight excluding hydrogens is 138 g/mol. The summed E-state index contributed by atoms with van der Waals surface area (Å²) in [5, 5.41) is 1.43. The van der Waals surface area contributed by atoms with E-state index < -0.39 is 0 Å². The highest BCUT2D eigenvalue weighted by molar-refractivity contribution is 5.78. The lowest BCUT2D eigenvalue weighted by Gasteiger charge is -2.27. The highest BCUT2D eigenvalue weighted by Gasteiger charge is 1.93. The lowest BCUT2D eigenvalue weighted by Crippen LogP contribution is -2.13. The third-order valence-corrected chi connectivity index (χ3v) is 1.49. The summed E-state index contributed by atoms with van der Waals surface area (Å²) in [6, 6.07) is 0. The van der Waals surface area contributed by atoms with Crippen LogP contribution < -0.4 is 0 Å². The van der Waals surface area contributed by atoms with Gasteiger partial charge in [0.2, 0.25) is 0 Å². The quantitative estimate of drug-likeness (QED) is 0.556. The van der Waals surface area contributed by atoms with Crippen molar-refractivity contribution in [3.05, 3.63) is 29.9 Å². The zero-order valence-electron chi connectivity index (χ0n) is 6.62. The van der Waals surface area contributed by atoms with Crippen LogP contribution in [0.4, 0.5) is 0 Å². The fraction of sp³-hybridized carbons (Fsp3) is 0.375. The van der Waals surface area contributed by atoms with Gasteiger partial charge in [-0.2, -0.15) is 0 Å². The van der Waals surface area contributed by atoms with Crippen LogP contribution in [0, 0.1) is 0 Å². The van der Waals surface area contributed by atoms with E-state index in [0.717, 1.165) is 12.1 Å². The van der Waals surface area contributed by atoms with Crippen molar-refractivity contribution in [2.75, 3.05) is 6.54 Å². The molecule has 0 aromatic rings. The standard InChI is InChI=1S/C8H12N3/c1-2-11(9)8-5-3-4-6-10-7-8/h4-7,9H,2-3H2,1H3/q-1. The van der Waals surface area contributed by atoms with Crippen LogP contribution >= 0.6 is 0 Å². The summed E-state index contributed by atoms with van der Waals surface area (Å²) in [5.74, 6) is 7.46. The minimum Gasteiger partial charge on any atom is -0.583 e. The van der Waals surface area contributed by atoms with Crippen molar-refractivity contribution < 1.29 is 0 Å². The van der Waals surface area contributed by atoms with Gasteiger partial charge >= 0.3 is 0 Å². The smallest absolute Gasteiger partial charge is 0.0484 e. The predicted molar refractivity (Wildman–Crippen MR) is 47.0 cm³/mol. The van der Waals surface area contributed by atoms with Crippen molar-refractivity contribution >= 4 is 6.21 Å². The Bertz CT molecular complexity index is 203. The van der Waals surface area contributed by atoms with Gasteiger partial charge in [-0.25, -0.2) is 0 Å². The molecule has 0 aliphatic carbocycles. The molecular formula is C8H12N3-. The number of hydrogen-bond acceptors (Lipinski definition) is 2. The fourth-order valence-electron chi connectivity index (χ4n) is 0.845. The van der Waals surface area contributed by atoms with Crippen molar-refractivity contribution in [2.45, 2.75) is 13.3 Å². The Hall–Kier alpha value is -1.09. The van der Waals surface area contributed by atoms with Crippen LogP contribution in [0.5, 0.6) is 0 Å². The molecule has 0 radical (unpaired) electrons. The highest BCUT2D eigenvalue weighted by atomic mass is 15.4. The Morgan fingerprint density at radius 3 is 3.27 bits per heavy atom. The van der Waals surface area contributed by atoms with Gasteiger partial charge in [0.1, 0.15) is 0 Å². The molecule has 0 atom stereocenters. The molecule has 0 bridgehead atoms. The van der Waals surface area contributed by atoms with E-state index in [-0.39, 0.29) is 0 Å². The summed E-state index contributed by atoms with van der Waals surface area (Å²) in [7, 11) is 0. The molecule has 1 rings (SSSR count). The van der Waals surface area contributed by atoms with Crippen LogP contribution in [0.15, 0.2) is 29.0 Å². The zero-order valence-corrected chi connectivity index (χ0v) is 6.62. The minimum atomic E-state index is 0.692. The third kappa shape index (κ3) is 2.20. The minimum absolute atomic E-state index is 0.692. The summed E-state index contributed by atoms with van der Waals surface area (Å²) in [6.45, 7) is 2.64. The van der Waals surface area contributed by atoms with Gasteiger partial charge in [-0.15, -0.1) is 0 Å². The number of nitrogens with zero attached hydrogens (tertiary/aromatic N) is 2. The number of aliphatic imine (C=N–C) groups is 1. The molecule has 3 heteroatoms. The average molecular weight is 150 g/mol. The molecule has 1 heterocycles. The van der Waals surface area contributed by atoms with Gasteiger partial charge in [0.05, 0.1) is 0 Å². The van der Waals surface area contributed by atoms with Crippen LogP contribution in [0.3, 0.4) is 0 Å². The van der Waals surface area contributed by atoms with Gasteiger partial charge in [0.25, 0.3) is 0 Å². The Kier molecular flexibility index (Phi) is 2.86. The summed E-state index contributed by atoms with van der Waals surface area (Å²) in [5.41, 5.74) is 0.873. The lowest BCUT2D eigenvalue weighted by atomic mass is 10.3. The van der Waals surface area contributed by atoms with Crippen molar-refractivity contribution in [3.8, 4) is 0 Å². The monoisotopic (exact) mass is 150 g/mol. The van der Waals surface area contributed by atoms with E-state index in [9.17, 15) is 0 Å². The molecule has 3 nitrogen and oxygen atoms in total. The Morgan fingerprint density at radius 1 is 1.73 bits per heavy atom. The molecule has 0 fully saturated rings. The van der Waals surface area contributed by atoms with E-state index in [1.165, 1.54) is 5.01 Å². The number of rotatable bonds is 2. The number of allylic oxidation sites excluding steroid dienone is 3. The topological polar surface area (TPSA) is 39.4 Å². The molecule has 0 saturated carbocycles. The van der Waals surface area contributed by atoms with E-state index in [1.54, 1.807) is 12.4 Å². The van der Waals surface area contributed by atoms with Gasteiger partial charge < -0.3 is 10.9 Å². The predicted octanol–water partition coefficient (Wildman–Crippen LogP) is 2.15. The first-order chi connectivity index (χ1) is 5.34. The second-order valence-electron chi connectivity index (χ2n) is 2.27. The lowest BCUT2D eigenvalue weighted by molar-refractivity contribution is 0.518. The van der Waals surface area contributed by atoms with Crippen LogP contribution in [-0.2, 0) is 0 Å². The zero-order chi connectivity index (χ0) is 8.10. The summed E-state index contributed by atoms with van der Waals surface area (Å²) in [6.07, 6.45) is 8.29. The number of nitrogens with one attached hydrogen (secondary N) is 1. The maximum absolute atomic E-state index is 7.46. The van der Waals surface area contributed by atoms with E-state index in [2.05, 4.69) is 4.99 Å². The summed E-state index contributed by atoms with van der Waals surface area (Å²) >= 11 is 0. The van der Waals surface area contributed by atoms with Gasteiger partial charge in [0.15, 0.2) is 0 Å². The average Bonchev–Trinajstić information content (AvgIpc) is 2.30. The Morgan fingerprint density at radius 2 is 2.55 bits per heavy atom. The molecule has 11 heavy (non-hydrogen) atoms. The van der Waals surface area contributed by atoms with Crippen molar-refractivity contribution in [1.82, 2.24) is 5.01 Å². The second-order valence-corrected chi connectivity index (χ2v) is 2.27. The molecule has 0 unspecified atom stereocenters. The van der Waals surface area contributed by atoms with Crippen molar-refractivity contribution in [2.24, 2.45) is 4.99 Å². The fourth-order valence-corrected chi connectivity index (χ4v) is 0.845. The molecule has 1 aliphatic heterocycles. The van der Waals surface area contributed by atoms with Crippen molar-refractivity contribution in [3.63, 3.8) is 0 Å². The molecule has 0 amide bonds. The van der Waals surface area contributed by atoms with Crippen LogP contribution in [-0.4, -0.2) is 17.8 Å². The third-order valence-electron chi connectivity index (χ3n) is 1.49. The molecule has 0 spiro atoms. The first kappa shape index (κ1) is 8.01. The Balaban J connectivity index is 2.64. The van der Waals surface area contributed by atoms with Crippen LogP contribution in [0.25, 0.3) is 5.84 Å². The van der Waals surface area contributed by atoms with E-state index in [4.69, 9.17) is 5.84 Å². The largest absolute Gasteiger partial charge is 0.583 e. The van der Waals surface area contributed by atoms with Gasteiger partial charge in [-0.1, -0.05) is 12.2 Å². The molecule has 0 aromatic carbocycles. The molecule has 0 saturated heterocycles. The maximum atomic E-state index is 7.46. The summed E-state index contributed by atoms with van der Waals surface area (Å²) < 4.78 is 0. The van der Waals surface area contributed by atoms with Gasteiger partial charge in [0, 0.05) is 18.1 Å². The molecule has 0 aromatic heterocycles. The Labute approximate surface area is 66.9 Å². The second kappa shape index (κ2) is 3.93. The number of hydrogen-bond donors (Lipinski definition) is 0. The normalized spacial score (nSPS) is 16.0. The van der Waals surface area contributed by atoms with Crippen LogP contribution in [0.1, 0.15) is 13.3 Å². The van der Waals surface area contributed by atoms with E-state index >= 15 is 0 Å². The molecule has 1 aliphatic rings. The molecule has 1 N–H and O–H groups in total. The van der Waals surface area contributed by atoms with E-state index in [1.807, 2.05) is 19.1 Å². The van der Waals surface area contributed by atoms with Crippen molar-refractivity contribution in [1.29, 1.82) is 0 Å². The maximum Gasteiger partial charge on any atom is 0.0484 e. The first-order valence-electron chi connectivity index (χ1n) is 3.71. The molecule has 60 valence electrons. The van der Waals surface area contributed by atoms with E-state index in [0.29, 0.717) is 6.54 Å². The summed E-state index contributed by atoms with van der Waals surface area (Å²) in [4.78, 5) is 3.99. The van der Waals surface area contributed by atoms with Gasteiger partial charge in [-0.05, 0) is 19.9 Å². The van der Waals surface area contributed by atoms with Crippen LogP contribution in [0.2, 0.25) is 0 Å². The first-order valence-corrected chi connectivity index (χ1v) is 3.71.